The lowest BCUT2D eigenvalue weighted by molar-refractivity contribution is -0.123. The first-order chi connectivity index (χ1) is 9.38. The van der Waals surface area contributed by atoms with Crippen LogP contribution in [0.15, 0.2) is 24.3 Å². The van der Waals surface area contributed by atoms with Crippen LogP contribution in [0.5, 0.6) is 5.75 Å². The fourth-order valence-electron chi connectivity index (χ4n) is 1.59. The number of phenols is 1. The third-order valence-corrected chi connectivity index (χ3v) is 2.53. The minimum absolute atomic E-state index is 0.0471. The molecule has 7 heteroatoms. The largest absolute Gasteiger partial charge is 0.508 e. The van der Waals surface area contributed by atoms with Crippen LogP contribution >= 0.6 is 0 Å². The number of carbonyl (C=O) groups is 3. The van der Waals surface area contributed by atoms with E-state index < -0.39 is 17.7 Å². The van der Waals surface area contributed by atoms with Crippen LogP contribution in [-0.2, 0) is 9.59 Å². The summed E-state index contributed by atoms with van der Waals surface area (Å²) in [4.78, 5) is 33.8. The predicted octanol–water partition coefficient (Wildman–Crippen LogP) is 0.0548. The molecule has 7 nitrogen and oxygen atoms in total. The standard InChI is InChI=1S/C13H17N3O4/c1-8(6-11(14)18)7-12(19)15-16-13(20)9-2-4-10(17)5-3-9/h2-5,8,17H,6-7H2,1H3,(H2,14,18)(H,15,19)(H,16,20)/t8-/m1/s1. The van der Waals surface area contributed by atoms with Crippen LogP contribution in [0.25, 0.3) is 0 Å². The summed E-state index contributed by atoms with van der Waals surface area (Å²) in [6.07, 6.45) is 0.193. The van der Waals surface area contributed by atoms with Gasteiger partial charge in [0.2, 0.25) is 11.8 Å². The van der Waals surface area contributed by atoms with Crippen LogP contribution in [0.4, 0.5) is 0 Å². The first-order valence-electron chi connectivity index (χ1n) is 6.05. The number of nitrogens with two attached hydrogens (primary N) is 1. The normalized spacial score (nSPS) is 11.4. The van der Waals surface area contributed by atoms with Gasteiger partial charge in [-0.05, 0) is 30.2 Å². The van der Waals surface area contributed by atoms with Gasteiger partial charge in [-0.1, -0.05) is 6.92 Å². The van der Waals surface area contributed by atoms with Crippen molar-refractivity contribution in [3.63, 3.8) is 0 Å². The highest BCUT2D eigenvalue weighted by Crippen LogP contribution is 2.09. The van der Waals surface area contributed by atoms with E-state index in [1.165, 1.54) is 24.3 Å². The highest BCUT2D eigenvalue weighted by atomic mass is 16.3. The Morgan fingerprint density at radius 2 is 1.75 bits per heavy atom. The Bertz CT molecular complexity index is 499. The van der Waals surface area contributed by atoms with Gasteiger partial charge in [0.1, 0.15) is 5.75 Å². The number of primary amides is 1. The molecule has 0 heterocycles. The molecule has 0 aliphatic rings. The molecule has 108 valence electrons. The minimum Gasteiger partial charge on any atom is -0.508 e. The van der Waals surface area contributed by atoms with Crippen LogP contribution in [0.2, 0.25) is 0 Å². The Balaban J connectivity index is 2.39. The fraction of sp³-hybridized carbons (Fsp3) is 0.308. The molecule has 3 amide bonds. The van der Waals surface area contributed by atoms with Crippen LogP contribution in [0, 0.1) is 5.92 Å². The number of aromatic hydroxyl groups is 1. The van der Waals surface area contributed by atoms with Crippen LogP contribution in [0.3, 0.4) is 0 Å². The second-order valence-corrected chi connectivity index (χ2v) is 4.53. The number of benzene rings is 1. The van der Waals surface area contributed by atoms with Gasteiger partial charge in [0, 0.05) is 18.4 Å². The van der Waals surface area contributed by atoms with Gasteiger partial charge in [-0.3, -0.25) is 25.2 Å². The summed E-state index contributed by atoms with van der Waals surface area (Å²) in [5.41, 5.74) is 9.81. The number of rotatable bonds is 5. The van der Waals surface area contributed by atoms with E-state index >= 15 is 0 Å². The number of carbonyl (C=O) groups excluding carboxylic acids is 3. The number of amides is 3. The minimum atomic E-state index is -0.499. The molecule has 1 atom stereocenters. The van der Waals surface area contributed by atoms with Gasteiger partial charge in [-0.25, -0.2) is 0 Å². The number of hydrazine groups is 1. The SMILES string of the molecule is C[C@H](CC(N)=O)CC(=O)NNC(=O)c1ccc(O)cc1. The molecule has 0 spiro atoms. The third kappa shape index (κ3) is 5.38. The zero-order valence-corrected chi connectivity index (χ0v) is 11.1. The molecule has 0 saturated heterocycles. The molecule has 0 fully saturated rings. The summed E-state index contributed by atoms with van der Waals surface area (Å²) in [7, 11) is 0. The summed E-state index contributed by atoms with van der Waals surface area (Å²) in [6.45, 7) is 1.71. The maximum absolute atomic E-state index is 11.6. The van der Waals surface area contributed by atoms with Crippen molar-refractivity contribution >= 4 is 17.7 Å². The lowest BCUT2D eigenvalue weighted by Crippen LogP contribution is -2.42. The van der Waals surface area contributed by atoms with Crippen molar-refractivity contribution in [3.05, 3.63) is 29.8 Å². The monoisotopic (exact) mass is 279 g/mol. The van der Waals surface area contributed by atoms with Crippen LogP contribution in [-0.4, -0.2) is 22.8 Å². The van der Waals surface area contributed by atoms with E-state index in [4.69, 9.17) is 10.8 Å². The second kappa shape index (κ2) is 7.13. The van der Waals surface area contributed by atoms with Crippen molar-refractivity contribution in [2.45, 2.75) is 19.8 Å². The van der Waals surface area contributed by atoms with Gasteiger partial charge >= 0.3 is 0 Å². The van der Waals surface area contributed by atoms with Gasteiger partial charge in [0.05, 0.1) is 0 Å². The van der Waals surface area contributed by atoms with Crippen LogP contribution < -0.4 is 16.6 Å². The van der Waals surface area contributed by atoms with Crippen molar-refractivity contribution in [2.24, 2.45) is 11.7 Å². The van der Waals surface area contributed by atoms with Crippen molar-refractivity contribution in [1.29, 1.82) is 0 Å². The Kier molecular flexibility index (Phi) is 5.52. The highest BCUT2D eigenvalue weighted by Gasteiger charge is 2.12. The Morgan fingerprint density at radius 3 is 2.30 bits per heavy atom. The highest BCUT2D eigenvalue weighted by molar-refractivity contribution is 5.95. The van der Waals surface area contributed by atoms with Gasteiger partial charge in [-0.2, -0.15) is 0 Å². The Morgan fingerprint density at radius 1 is 1.15 bits per heavy atom. The van der Waals surface area contributed by atoms with E-state index in [2.05, 4.69) is 10.9 Å². The average Bonchev–Trinajstić information content (AvgIpc) is 2.35. The maximum Gasteiger partial charge on any atom is 0.269 e. The lowest BCUT2D eigenvalue weighted by Gasteiger charge is -2.10. The molecule has 0 bridgehead atoms. The van der Waals surface area contributed by atoms with E-state index in [1.807, 2.05) is 0 Å². The summed E-state index contributed by atoms with van der Waals surface area (Å²) >= 11 is 0. The fourth-order valence-corrected chi connectivity index (χ4v) is 1.59. The van der Waals surface area contributed by atoms with E-state index in [0.29, 0.717) is 5.56 Å². The molecule has 1 rings (SSSR count). The molecule has 1 aromatic carbocycles. The van der Waals surface area contributed by atoms with E-state index in [-0.39, 0.29) is 24.5 Å². The van der Waals surface area contributed by atoms with E-state index in [1.54, 1.807) is 6.92 Å². The van der Waals surface area contributed by atoms with E-state index in [9.17, 15) is 14.4 Å². The van der Waals surface area contributed by atoms with Crippen molar-refractivity contribution in [1.82, 2.24) is 10.9 Å². The van der Waals surface area contributed by atoms with Gasteiger partial charge < -0.3 is 10.8 Å². The van der Waals surface area contributed by atoms with Crippen molar-refractivity contribution in [2.75, 3.05) is 0 Å². The molecular formula is C13H17N3O4. The molecule has 0 radical (unpaired) electrons. The molecule has 0 aliphatic carbocycles. The summed E-state index contributed by atoms with van der Waals surface area (Å²) < 4.78 is 0. The lowest BCUT2D eigenvalue weighted by atomic mass is 10.0. The van der Waals surface area contributed by atoms with Crippen LogP contribution in [0.1, 0.15) is 30.1 Å². The third-order valence-electron chi connectivity index (χ3n) is 2.53. The topological polar surface area (TPSA) is 122 Å². The molecule has 0 unspecified atom stereocenters. The quantitative estimate of drug-likeness (QED) is 0.569. The number of hydrogen-bond acceptors (Lipinski definition) is 4. The number of nitrogens with one attached hydrogen (secondary N) is 2. The van der Waals surface area contributed by atoms with Crippen molar-refractivity contribution in [3.8, 4) is 5.75 Å². The van der Waals surface area contributed by atoms with Crippen molar-refractivity contribution < 1.29 is 19.5 Å². The van der Waals surface area contributed by atoms with Gasteiger partial charge in [0.15, 0.2) is 0 Å². The first kappa shape index (κ1) is 15.5. The summed E-state index contributed by atoms with van der Waals surface area (Å²) in [5, 5.41) is 9.09. The zero-order valence-electron chi connectivity index (χ0n) is 11.1. The number of hydrogen-bond donors (Lipinski definition) is 4. The molecule has 20 heavy (non-hydrogen) atoms. The predicted molar refractivity (Wildman–Crippen MR) is 71.3 cm³/mol. The molecule has 1 aromatic rings. The van der Waals surface area contributed by atoms with E-state index in [0.717, 1.165) is 0 Å². The summed E-state index contributed by atoms with van der Waals surface area (Å²) in [6, 6.07) is 5.58. The van der Waals surface area contributed by atoms with Gasteiger partial charge in [0.25, 0.3) is 5.91 Å². The average molecular weight is 279 g/mol. The molecule has 5 N–H and O–H groups in total. The maximum atomic E-state index is 11.6. The Hall–Kier alpha value is -2.57. The summed E-state index contributed by atoms with van der Waals surface area (Å²) in [5.74, 6) is -1.53. The smallest absolute Gasteiger partial charge is 0.269 e. The molecule has 0 saturated carbocycles. The molecule has 0 aromatic heterocycles. The Labute approximate surface area is 116 Å². The second-order valence-electron chi connectivity index (χ2n) is 4.53. The van der Waals surface area contributed by atoms with Gasteiger partial charge in [-0.15, -0.1) is 0 Å². The number of phenolic OH excluding ortho intramolecular Hbond substituents is 1. The zero-order chi connectivity index (χ0) is 15.1. The molecular weight excluding hydrogens is 262 g/mol. The first-order valence-corrected chi connectivity index (χ1v) is 6.05. The molecule has 0 aliphatic heterocycles.